The normalized spacial score (nSPS) is 24.0. The molecule has 0 radical (unpaired) electrons. The number of aromatic carboxylic acids is 1. The topological polar surface area (TPSA) is 138 Å². The van der Waals surface area contributed by atoms with Crippen molar-refractivity contribution in [2.45, 2.75) is 44.5 Å². The molecule has 0 aliphatic carbocycles. The van der Waals surface area contributed by atoms with E-state index < -0.39 is 47.6 Å². The third-order valence-electron chi connectivity index (χ3n) is 3.52. The standard InChI is InChI=1S/C17H19NO9S/c1-8(19)24-13-7-28-17(15(26-10(3)21)14(13)25-9(2)20)27-12-4-11(16(22)23)5-18-6-12/h4-6,13-15,17H,7H2,1-3H3,(H,22,23)/t13-,14+,15-,17-/m1/s1. The number of carbonyl (C=O) groups is 4. The van der Waals surface area contributed by atoms with Gasteiger partial charge in [0.1, 0.15) is 5.75 Å². The number of aromatic nitrogens is 1. The van der Waals surface area contributed by atoms with Crippen molar-refractivity contribution < 1.29 is 43.2 Å². The number of esters is 3. The molecule has 0 unspecified atom stereocenters. The quantitative estimate of drug-likeness (QED) is 0.528. The second-order valence-electron chi connectivity index (χ2n) is 5.83. The molecule has 152 valence electrons. The zero-order chi connectivity index (χ0) is 20.8. The summed E-state index contributed by atoms with van der Waals surface area (Å²) >= 11 is 1.16. The van der Waals surface area contributed by atoms with Gasteiger partial charge < -0.3 is 24.1 Å². The van der Waals surface area contributed by atoms with Gasteiger partial charge in [-0.25, -0.2) is 4.79 Å². The Morgan fingerprint density at radius 2 is 1.61 bits per heavy atom. The van der Waals surface area contributed by atoms with Gasteiger partial charge in [-0.1, -0.05) is 0 Å². The van der Waals surface area contributed by atoms with Gasteiger partial charge in [0.2, 0.25) is 0 Å². The Morgan fingerprint density at radius 1 is 1.00 bits per heavy atom. The number of ether oxygens (including phenoxy) is 4. The van der Waals surface area contributed by atoms with Gasteiger partial charge in [0.25, 0.3) is 0 Å². The summed E-state index contributed by atoms with van der Waals surface area (Å²) < 4.78 is 21.5. The maximum atomic E-state index is 11.6. The highest BCUT2D eigenvalue weighted by Gasteiger charge is 2.47. The summed E-state index contributed by atoms with van der Waals surface area (Å²) in [5, 5.41) is 9.07. The Bertz CT molecular complexity index is 769. The van der Waals surface area contributed by atoms with Gasteiger partial charge in [-0.05, 0) is 6.07 Å². The van der Waals surface area contributed by atoms with E-state index in [4.69, 9.17) is 24.1 Å². The number of nitrogens with zero attached hydrogens (tertiary/aromatic N) is 1. The molecular formula is C17H19NO9S. The van der Waals surface area contributed by atoms with E-state index in [-0.39, 0.29) is 17.1 Å². The van der Waals surface area contributed by atoms with Gasteiger partial charge in [-0.2, -0.15) is 0 Å². The first kappa shape index (κ1) is 21.5. The van der Waals surface area contributed by atoms with Crippen LogP contribution in [0.1, 0.15) is 31.1 Å². The predicted molar refractivity (Wildman–Crippen MR) is 94.7 cm³/mol. The molecule has 10 nitrogen and oxygen atoms in total. The van der Waals surface area contributed by atoms with Gasteiger partial charge in [0.15, 0.2) is 23.7 Å². The number of carbonyl (C=O) groups excluding carboxylic acids is 3. The molecule has 1 saturated heterocycles. The van der Waals surface area contributed by atoms with Crippen molar-refractivity contribution in [2.75, 3.05) is 5.75 Å². The number of pyridine rings is 1. The van der Waals surface area contributed by atoms with E-state index in [2.05, 4.69) is 4.98 Å². The van der Waals surface area contributed by atoms with E-state index in [1.54, 1.807) is 0 Å². The van der Waals surface area contributed by atoms with Crippen LogP contribution in [0.25, 0.3) is 0 Å². The number of hydrogen-bond acceptors (Lipinski definition) is 10. The molecule has 1 aromatic rings. The molecule has 2 rings (SSSR count). The molecule has 11 heteroatoms. The van der Waals surface area contributed by atoms with Crippen LogP contribution < -0.4 is 4.74 Å². The molecule has 4 atom stereocenters. The Kier molecular flexibility index (Phi) is 7.21. The smallest absolute Gasteiger partial charge is 0.337 e. The Hall–Kier alpha value is -2.82. The van der Waals surface area contributed by atoms with E-state index in [9.17, 15) is 19.2 Å². The third-order valence-corrected chi connectivity index (χ3v) is 4.73. The second-order valence-corrected chi connectivity index (χ2v) is 6.96. The van der Waals surface area contributed by atoms with Crippen LogP contribution in [0.4, 0.5) is 0 Å². The summed E-state index contributed by atoms with van der Waals surface area (Å²) in [6.45, 7) is 3.56. The molecule has 28 heavy (non-hydrogen) atoms. The van der Waals surface area contributed by atoms with E-state index >= 15 is 0 Å². The summed E-state index contributed by atoms with van der Waals surface area (Å²) in [6, 6.07) is 1.26. The molecule has 0 bridgehead atoms. The number of carboxylic acids is 1. The monoisotopic (exact) mass is 413 g/mol. The summed E-state index contributed by atoms with van der Waals surface area (Å²) in [4.78, 5) is 49.4. The minimum Gasteiger partial charge on any atom is -0.478 e. The van der Waals surface area contributed by atoms with Gasteiger partial charge >= 0.3 is 23.9 Å². The van der Waals surface area contributed by atoms with Crippen LogP contribution in [0.3, 0.4) is 0 Å². The molecule has 1 fully saturated rings. The zero-order valence-electron chi connectivity index (χ0n) is 15.3. The van der Waals surface area contributed by atoms with Crippen molar-refractivity contribution >= 4 is 35.6 Å². The summed E-state index contributed by atoms with van der Waals surface area (Å²) in [7, 11) is 0. The highest BCUT2D eigenvalue weighted by atomic mass is 32.2. The zero-order valence-corrected chi connectivity index (χ0v) is 16.1. The SMILES string of the molecule is CC(=O)O[C@@H]1[C@@H](OC(C)=O)[C@H](OC(C)=O)CS[C@H]1Oc1cncc(C(=O)O)c1. The molecule has 1 N–H and O–H groups in total. The third kappa shape index (κ3) is 5.84. The van der Waals surface area contributed by atoms with Crippen LogP contribution in [0.5, 0.6) is 5.75 Å². The average Bonchev–Trinajstić information content (AvgIpc) is 2.59. The van der Waals surface area contributed by atoms with E-state index in [0.29, 0.717) is 0 Å². The maximum absolute atomic E-state index is 11.6. The minimum absolute atomic E-state index is 0.0864. The van der Waals surface area contributed by atoms with Crippen LogP contribution in [0, 0.1) is 0 Å². The van der Waals surface area contributed by atoms with Crippen LogP contribution in [-0.2, 0) is 28.6 Å². The van der Waals surface area contributed by atoms with Crippen molar-refractivity contribution in [2.24, 2.45) is 0 Å². The van der Waals surface area contributed by atoms with E-state index in [0.717, 1.165) is 18.0 Å². The molecule has 0 aromatic carbocycles. The van der Waals surface area contributed by atoms with Crippen LogP contribution in [0.15, 0.2) is 18.5 Å². The molecule has 0 amide bonds. The first-order valence-corrected chi connectivity index (χ1v) is 9.20. The first-order chi connectivity index (χ1) is 13.2. The van der Waals surface area contributed by atoms with Gasteiger partial charge in [-0.3, -0.25) is 19.4 Å². The molecule has 2 heterocycles. The van der Waals surface area contributed by atoms with Crippen LogP contribution in [0.2, 0.25) is 0 Å². The minimum atomic E-state index is -1.18. The second kappa shape index (κ2) is 9.40. The lowest BCUT2D eigenvalue weighted by molar-refractivity contribution is -0.186. The largest absolute Gasteiger partial charge is 0.478 e. The highest BCUT2D eigenvalue weighted by molar-refractivity contribution is 7.99. The highest BCUT2D eigenvalue weighted by Crippen LogP contribution is 2.34. The molecule has 1 aliphatic heterocycles. The molecule has 1 aromatic heterocycles. The maximum Gasteiger partial charge on any atom is 0.337 e. The van der Waals surface area contributed by atoms with Crippen LogP contribution in [-0.4, -0.2) is 63.5 Å². The average molecular weight is 413 g/mol. The summed E-state index contributed by atoms with van der Waals surface area (Å²) in [5.74, 6) is -2.74. The number of carboxylic acid groups (broad SMARTS) is 1. The Balaban J connectivity index is 2.30. The number of rotatable bonds is 6. The lowest BCUT2D eigenvalue weighted by atomic mass is 10.1. The Labute approximate surface area is 164 Å². The van der Waals surface area contributed by atoms with Crippen molar-refractivity contribution in [3.8, 4) is 5.75 Å². The Morgan fingerprint density at radius 3 is 2.18 bits per heavy atom. The predicted octanol–water partition coefficient (Wildman–Crippen LogP) is 1.03. The van der Waals surface area contributed by atoms with Crippen molar-refractivity contribution in [1.29, 1.82) is 0 Å². The number of thioether (sulfide) groups is 1. The van der Waals surface area contributed by atoms with Gasteiger partial charge in [-0.15, -0.1) is 11.8 Å². The first-order valence-electron chi connectivity index (χ1n) is 8.15. The number of hydrogen-bond donors (Lipinski definition) is 1. The van der Waals surface area contributed by atoms with Crippen molar-refractivity contribution in [1.82, 2.24) is 4.98 Å². The molecular weight excluding hydrogens is 394 g/mol. The van der Waals surface area contributed by atoms with E-state index in [1.165, 1.54) is 33.0 Å². The lowest BCUT2D eigenvalue weighted by Gasteiger charge is -2.39. The van der Waals surface area contributed by atoms with E-state index in [1.807, 2.05) is 0 Å². The molecule has 1 aliphatic rings. The molecule has 0 spiro atoms. The van der Waals surface area contributed by atoms with Crippen molar-refractivity contribution in [3.05, 3.63) is 24.0 Å². The fraction of sp³-hybridized carbons (Fsp3) is 0.471. The summed E-state index contributed by atoms with van der Waals surface area (Å²) in [6.07, 6.45) is -0.577. The fourth-order valence-electron chi connectivity index (χ4n) is 2.54. The van der Waals surface area contributed by atoms with Crippen LogP contribution >= 0.6 is 11.8 Å². The molecule has 0 saturated carbocycles. The fourth-order valence-corrected chi connectivity index (χ4v) is 3.76. The van der Waals surface area contributed by atoms with Crippen molar-refractivity contribution in [3.63, 3.8) is 0 Å². The van der Waals surface area contributed by atoms with Gasteiger partial charge in [0, 0.05) is 32.7 Å². The summed E-state index contributed by atoms with van der Waals surface area (Å²) in [5.41, 5.74) is -0.942. The lowest BCUT2D eigenvalue weighted by Crippen LogP contribution is -2.55. The van der Waals surface area contributed by atoms with Gasteiger partial charge in [0.05, 0.1) is 11.8 Å².